The summed E-state index contributed by atoms with van der Waals surface area (Å²) in [7, 11) is 3.03. The zero-order valence-corrected chi connectivity index (χ0v) is 17.5. The van der Waals surface area contributed by atoms with E-state index in [-0.39, 0.29) is 23.4 Å². The number of carbonyl (C=O) groups is 2. The lowest BCUT2D eigenvalue weighted by Gasteiger charge is -2.19. The molecule has 2 aromatic rings. The second-order valence-corrected chi connectivity index (χ2v) is 6.79. The minimum atomic E-state index is -0.348. The number of nitrogens with one attached hydrogen (secondary N) is 1. The van der Waals surface area contributed by atoms with Gasteiger partial charge in [0.05, 0.1) is 25.3 Å². The lowest BCUT2D eigenvalue weighted by Crippen LogP contribution is -2.35. The van der Waals surface area contributed by atoms with Gasteiger partial charge < -0.3 is 19.7 Å². The van der Waals surface area contributed by atoms with E-state index in [0.29, 0.717) is 23.7 Å². The lowest BCUT2D eigenvalue weighted by atomic mass is 10.1. The quantitative estimate of drug-likeness (QED) is 0.755. The second kappa shape index (κ2) is 9.46. The highest BCUT2D eigenvalue weighted by molar-refractivity contribution is 6.32. The van der Waals surface area contributed by atoms with Gasteiger partial charge in [-0.25, -0.2) is 0 Å². The summed E-state index contributed by atoms with van der Waals surface area (Å²) in [6.07, 6.45) is 0. The van der Waals surface area contributed by atoms with E-state index in [4.69, 9.17) is 21.1 Å². The molecule has 0 aliphatic carbocycles. The zero-order valence-electron chi connectivity index (χ0n) is 16.8. The number of rotatable bonds is 7. The first-order chi connectivity index (χ1) is 13.3. The Bertz CT molecular complexity index is 883. The number of hydrogen-bond donors (Lipinski definition) is 1. The molecular formula is C21H25ClN2O4. The van der Waals surface area contributed by atoms with Crippen molar-refractivity contribution < 1.29 is 19.1 Å². The van der Waals surface area contributed by atoms with E-state index in [0.717, 1.165) is 16.8 Å². The van der Waals surface area contributed by atoms with Crippen LogP contribution in [-0.4, -0.2) is 44.0 Å². The molecule has 2 aromatic carbocycles. The Balaban J connectivity index is 2.12. The Labute approximate surface area is 170 Å². The summed E-state index contributed by atoms with van der Waals surface area (Å²) in [5.41, 5.74) is 3.12. The maximum absolute atomic E-state index is 12.7. The first-order valence-electron chi connectivity index (χ1n) is 8.90. The Morgan fingerprint density at radius 3 is 2.57 bits per heavy atom. The molecule has 0 saturated carbocycles. The van der Waals surface area contributed by atoms with Crippen molar-refractivity contribution in [1.29, 1.82) is 0 Å². The highest BCUT2D eigenvalue weighted by Crippen LogP contribution is 2.36. The van der Waals surface area contributed by atoms with Gasteiger partial charge in [0.1, 0.15) is 0 Å². The number of anilines is 1. The van der Waals surface area contributed by atoms with Gasteiger partial charge in [-0.3, -0.25) is 9.59 Å². The third-order valence-corrected chi connectivity index (χ3v) is 4.65. The van der Waals surface area contributed by atoms with Crippen molar-refractivity contribution in [3.63, 3.8) is 0 Å². The molecule has 1 N–H and O–H groups in total. The lowest BCUT2D eigenvalue weighted by molar-refractivity contribution is -0.116. The van der Waals surface area contributed by atoms with Gasteiger partial charge in [-0.2, -0.15) is 0 Å². The van der Waals surface area contributed by atoms with Crippen molar-refractivity contribution in [2.24, 2.45) is 0 Å². The predicted octanol–water partition coefficient (Wildman–Crippen LogP) is 4.07. The molecule has 0 unspecified atom stereocenters. The molecular weight excluding hydrogens is 380 g/mol. The molecule has 0 spiro atoms. The third kappa shape index (κ3) is 4.95. The predicted molar refractivity (Wildman–Crippen MR) is 111 cm³/mol. The summed E-state index contributed by atoms with van der Waals surface area (Å²) >= 11 is 6.23. The molecule has 0 aliphatic heterocycles. The van der Waals surface area contributed by atoms with Crippen LogP contribution in [0, 0.1) is 13.8 Å². The summed E-state index contributed by atoms with van der Waals surface area (Å²) in [6.45, 7) is 6.07. The Morgan fingerprint density at radius 1 is 1.21 bits per heavy atom. The van der Waals surface area contributed by atoms with Crippen LogP contribution in [0.4, 0.5) is 5.69 Å². The van der Waals surface area contributed by atoms with Crippen LogP contribution in [0.5, 0.6) is 11.5 Å². The summed E-state index contributed by atoms with van der Waals surface area (Å²) in [4.78, 5) is 26.4. The van der Waals surface area contributed by atoms with E-state index in [1.165, 1.54) is 18.1 Å². The minimum absolute atomic E-state index is 0.0979. The first-order valence-corrected chi connectivity index (χ1v) is 9.28. The smallest absolute Gasteiger partial charge is 0.254 e. The van der Waals surface area contributed by atoms with Crippen LogP contribution in [0.3, 0.4) is 0 Å². The van der Waals surface area contributed by atoms with Crippen molar-refractivity contribution in [1.82, 2.24) is 4.90 Å². The average Bonchev–Trinajstić information content (AvgIpc) is 2.66. The molecule has 0 aromatic heterocycles. The van der Waals surface area contributed by atoms with Gasteiger partial charge in [0.25, 0.3) is 5.91 Å². The fourth-order valence-corrected chi connectivity index (χ4v) is 2.98. The third-order valence-electron chi connectivity index (χ3n) is 4.37. The molecule has 28 heavy (non-hydrogen) atoms. The molecule has 0 heterocycles. The molecule has 150 valence electrons. The van der Waals surface area contributed by atoms with Gasteiger partial charge >= 0.3 is 0 Å². The second-order valence-electron chi connectivity index (χ2n) is 6.38. The van der Waals surface area contributed by atoms with Crippen molar-refractivity contribution in [2.75, 3.05) is 32.6 Å². The molecule has 7 heteroatoms. The van der Waals surface area contributed by atoms with Crippen LogP contribution < -0.4 is 14.8 Å². The SMILES string of the molecule is CCOc1c(Cl)cc(C(=O)N(C)CC(=O)Nc2cccc(C)c2C)cc1OC. The summed E-state index contributed by atoms with van der Waals surface area (Å²) in [5.74, 6) is 0.123. The fraction of sp³-hybridized carbons (Fsp3) is 0.333. The highest BCUT2D eigenvalue weighted by Gasteiger charge is 2.20. The first kappa shape index (κ1) is 21.6. The fourth-order valence-electron chi connectivity index (χ4n) is 2.71. The molecule has 0 atom stereocenters. The molecule has 2 amide bonds. The van der Waals surface area contributed by atoms with Gasteiger partial charge in [-0.05, 0) is 50.1 Å². The number of hydrogen-bond acceptors (Lipinski definition) is 4. The van der Waals surface area contributed by atoms with Crippen LogP contribution in [0.1, 0.15) is 28.4 Å². The van der Waals surface area contributed by atoms with Gasteiger partial charge in [0.2, 0.25) is 5.91 Å². The minimum Gasteiger partial charge on any atom is -0.493 e. The Morgan fingerprint density at radius 2 is 1.93 bits per heavy atom. The molecule has 0 saturated heterocycles. The van der Waals surface area contributed by atoms with Gasteiger partial charge in [-0.1, -0.05) is 23.7 Å². The van der Waals surface area contributed by atoms with Crippen molar-refractivity contribution in [3.05, 3.63) is 52.0 Å². The van der Waals surface area contributed by atoms with Gasteiger partial charge in [0, 0.05) is 18.3 Å². The monoisotopic (exact) mass is 404 g/mol. The molecule has 6 nitrogen and oxygen atoms in total. The van der Waals surface area contributed by atoms with E-state index in [9.17, 15) is 9.59 Å². The average molecular weight is 405 g/mol. The number of halogens is 1. The van der Waals surface area contributed by atoms with Crippen LogP contribution in [0.15, 0.2) is 30.3 Å². The number of methoxy groups -OCH3 is 1. The number of carbonyl (C=O) groups excluding carboxylic acids is 2. The van der Waals surface area contributed by atoms with Crippen LogP contribution in [0.2, 0.25) is 5.02 Å². The number of benzene rings is 2. The van der Waals surface area contributed by atoms with Gasteiger partial charge in [-0.15, -0.1) is 0 Å². The molecule has 2 rings (SSSR count). The van der Waals surface area contributed by atoms with Crippen LogP contribution in [-0.2, 0) is 4.79 Å². The van der Waals surface area contributed by atoms with Crippen LogP contribution >= 0.6 is 11.6 Å². The Kier molecular flexibility index (Phi) is 7.29. The van der Waals surface area contributed by atoms with Crippen molar-refractivity contribution in [2.45, 2.75) is 20.8 Å². The molecule has 0 radical (unpaired) electrons. The van der Waals surface area contributed by atoms with E-state index in [2.05, 4.69) is 5.32 Å². The van der Waals surface area contributed by atoms with Crippen molar-refractivity contribution in [3.8, 4) is 11.5 Å². The summed E-state index contributed by atoms with van der Waals surface area (Å²) in [5, 5.41) is 3.12. The highest BCUT2D eigenvalue weighted by atomic mass is 35.5. The zero-order chi connectivity index (χ0) is 20.8. The Hall–Kier alpha value is -2.73. The largest absolute Gasteiger partial charge is 0.493 e. The normalized spacial score (nSPS) is 10.4. The standard InChI is InChI=1S/C21H25ClN2O4/c1-6-28-20-16(22)10-15(11-18(20)27-5)21(26)24(4)12-19(25)23-17-9-7-8-13(2)14(17)3/h7-11H,6,12H2,1-5H3,(H,23,25). The molecule has 0 bridgehead atoms. The van der Waals surface area contributed by atoms with Gasteiger partial charge in [0.15, 0.2) is 11.5 Å². The summed E-state index contributed by atoms with van der Waals surface area (Å²) < 4.78 is 10.7. The molecule has 0 aliphatic rings. The van der Waals surface area contributed by atoms with Crippen LogP contribution in [0.25, 0.3) is 0 Å². The maximum atomic E-state index is 12.7. The van der Waals surface area contributed by atoms with E-state index < -0.39 is 0 Å². The number of likely N-dealkylation sites (N-methyl/N-ethyl adjacent to an activating group) is 1. The van der Waals surface area contributed by atoms with E-state index in [1.807, 2.05) is 39.0 Å². The summed E-state index contributed by atoms with van der Waals surface area (Å²) in [6, 6.07) is 8.75. The number of amides is 2. The van der Waals surface area contributed by atoms with E-state index >= 15 is 0 Å². The number of nitrogens with zero attached hydrogens (tertiary/aromatic N) is 1. The van der Waals surface area contributed by atoms with E-state index in [1.54, 1.807) is 13.1 Å². The molecule has 0 fully saturated rings. The number of ether oxygens (including phenoxy) is 2. The topological polar surface area (TPSA) is 67.9 Å². The maximum Gasteiger partial charge on any atom is 0.254 e. The van der Waals surface area contributed by atoms with Crippen molar-refractivity contribution >= 4 is 29.1 Å². The number of aryl methyl sites for hydroxylation is 1.